The lowest BCUT2D eigenvalue weighted by atomic mass is 10.1. The summed E-state index contributed by atoms with van der Waals surface area (Å²) in [5, 5.41) is 15.9. The Labute approximate surface area is 127 Å². The van der Waals surface area contributed by atoms with E-state index in [9.17, 15) is 19.7 Å². The highest BCUT2D eigenvalue weighted by Crippen LogP contribution is 2.19. The van der Waals surface area contributed by atoms with Gasteiger partial charge in [-0.25, -0.2) is 0 Å². The molecular weight excluding hydrogens is 310 g/mol. The first-order chi connectivity index (χ1) is 10.5. The Hall–Kier alpha value is -3.07. The van der Waals surface area contributed by atoms with Gasteiger partial charge >= 0.3 is 0 Å². The lowest BCUT2D eigenvalue weighted by molar-refractivity contribution is -0.384. The van der Waals surface area contributed by atoms with Gasteiger partial charge < -0.3 is 9.73 Å². The minimum absolute atomic E-state index is 0.0598. The number of carbonyl (C=O) groups is 1. The number of hydrogen-bond donors (Lipinski definition) is 2. The number of fused-ring (bicyclic) bond motifs is 1. The van der Waals surface area contributed by atoms with Gasteiger partial charge in [-0.2, -0.15) is 0 Å². The van der Waals surface area contributed by atoms with E-state index in [0.29, 0.717) is 0 Å². The van der Waals surface area contributed by atoms with Crippen LogP contribution >= 0.6 is 12.2 Å². The second-order valence-electron chi connectivity index (χ2n) is 4.42. The molecule has 9 heteroatoms. The van der Waals surface area contributed by atoms with E-state index in [1.165, 1.54) is 24.5 Å². The number of nitrogens with one attached hydrogen (secondary N) is 2. The topological polar surface area (TPSA) is 114 Å². The zero-order valence-corrected chi connectivity index (χ0v) is 11.6. The number of thiocarbonyl (C=S) groups is 1. The summed E-state index contributed by atoms with van der Waals surface area (Å²) in [5.41, 5.74) is -0.304. The molecule has 0 bridgehead atoms. The monoisotopic (exact) mass is 317 g/mol. The van der Waals surface area contributed by atoms with Gasteiger partial charge in [0.05, 0.1) is 15.9 Å². The van der Waals surface area contributed by atoms with Crippen molar-refractivity contribution in [3.8, 4) is 0 Å². The van der Waals surface area contributed by atoms with Crippen LogP contribution in [0.4, 0.5) is 5.69 Å². The summed E-state index contributed by atoms with van der Waals surface area (Å²) in [6.07, 6.45) is 2.46. The molecular formula is C13H7N3O5S. The summed E-state index contributed by atoms with van der Waals surface area (Å²) >= 11 is 4.78. The summed E-state index contributed by atoms with van der Waals surface area (Å²) in [7, 11) is 0. The van der Waals surface area contributed by atoms with Crippen LogP contribution < -0.4 is 16.1 Å². The van der Waals surface area contributed by atoms with Crippen molar-refractivity contribution < 1.29 is 14.1 Å². The van der Waals surface area contributed by atoms with Gasteiger partial charge in [-0.05, 0) is 24.4 Å². The number of nitro benzene ring substituents is 1. The van der Waals surface area contributed by atoms with Crippen molar-refractivity contribution in [2.24, 2.45) is 0 Å². The Morgan fingerprint density at radius 3 is 2.68 bits per heavy atom. The molecule has 1 aromatic heterocycles. The minimum Gasteiger partial charge on any atom is -0.463 e. The highest BCUT2D eigenvalue weighted by molar-refractivity contribution is 7.80. The van der Waals surface area contributed by atoms with Crippen LogP contribution in [0.3, 0.4) is 0 Å². The van der Waals surface area contributed by atoms with Gasteiger partial charge in [0.2, 0.25) is 0 Å². The molecule has 2 aromatic rings. The van der Waals surface area contributed by atoms with Crippen LogP contribution in [-0.4, -0.2) is 15.9 Å². The first-order valence-electron chi connectivity index (χ1n) is 6.00. The molecule has 3 rings (SSSR count). The summed E-state index contributed by atoms with van der Waals surface area (Å²) in [4.78, 5) is 34.1. The van der Waals surface area contributed by atoms with Gasteiger partial charge in [-0.3, -0.25) is 25.0 Å². The maximum atomic E-state index is 12.4. The maximum absolute atomic E-state index is 12.4. The molecule has 2 heterocycles. The van der Waals surface area contributed by atoms with E-state index in [0.717, 1.165) is 6.07 Å². The molecule has 0 atom stereocenters. The molecule has 0 saturated carbocycles. The lowest BCUT2D eigenvalue weighted by Crippen LogP contribution is -2.21. The lowest BCUT2D eigenvalue weighted by Gasteiger charge is -2.00. The van der Waals surface area contributed by atoms with E-state index in [1.807, 2.05) is 0 Å². The van der Waals surface area contributed by atoms with E-state index in [1.54, 1.807) is 0 Å². The van der Waals surface area contributed by atoms with Crippen LogP contribution in [0.15, 0.2) is 39.4 Å². The minimum atomic E-state index is -0.603. The number of carbonyl (C=O) groups excluding carboxylic acids is 1. The fourth-order valence-electron chi connectivity index (χ4n) is 1.99. The standard InChI is InChI=1S/C13H7N3O5S/c17-11-6(3-9-12(18)15-13(22)14-9)5-21-10-2-1-7(16(19)20)4-8(10)11/h1-5H,(H2,14,15,18,22). The van der Waals surface area contributed by atoms with Crippen molar-refractivity contribution >= 4 is 46.0 Å². The molecule has 1 aliphatic heterocycles. The molecule has 1 fully saturated rings. The largest absolute Gasteiger partial charge is 0.463 e. The van der Waals surface area contributed by atoms with E-state index in [2.05, 4.69) is 10.6 Å². The first-order valence-corrected chi connectivity index (χ1v) is 6.40. The Kier molecular flexibility index (Phi) is 3.18. The third kappa shape index (κ3) is 2.33. The smallest absolute Gasteiger partial charge is 0.273 e. The number of hydrogen-bond acceptors (Lipinski definition) is 6. The van der Waals surface area contributed by atoms with E-state index >= 15 is 0 Å². The first kappa shape index (κ1) is 13.9. The molecule has 0 aliphatic carbocycles. The molecule has 110 valence electrons. The third-order valence-electron chi connectivity index (χ3n) is 3.01. The zero-order chi connectivity index (χ0) is 15.9. The van der Waals surface area contributed by atoms with Gasteiger partial charge in [-0.15, -0.1) is 0 Å². The second-order valence-corrected chi connectivity index (χ2v) is 4.83. The predicted molar refractivity (Wildman–Crippen MR) is 81.0 cm³/mol. The van der Waals surface area contributed by atoms with E-state index in [-0.39, 0.29) is 33.0 Å². The molecule has 22 heavy (non-hydrogen) atoms. The molecule has 0 radical (unpaired) electrons. The number of non-ortho nitro benzene ring substituents is 1. The average molecular weight is 317 g/mol. The molecule has 1 amide bonds. The van der Waals surface area contributed by atoms with Gasteiger partial charge in [0.1, 0.15) is 17.5 Å². The molecule has 1 aliphatic rings. The Morgan fingerprint density at radius 1 is 1.27 bits per heavy atom. The number of amides is 1. The van der Waals surface area contributed by atoms with E-state index in [4.69, 9.17) is 16.6 Å². The number of nitro groups is 1. The van der Waals surface area contributed by atoms with Gasteiger partial charge in [0.25, 0.3) is 11.6 Å². The Balaban J connectivity index is 2.16. The molecule has 0 unspecified atom stereocenters. The van der Waals surface area contributed by atoms with Gasteiger partial charge in [0.15, 0.2) is 10.5 Å². The van der Waals surface area contributed by atoms with Gasteiger partial charge in [-0.1, -0.05) is 0 Å². The van der Waals surface area contributed by atoms with Crippen molar-refractivity contribution in [2.45, 2.75) is 0 Å². The molecule has 0 spiro atoms. The summed E-state index contributed by atoms with van der Waals surface area (Å²) in [6.45, 7) is 0. The third-order valence-corrected chi connectivity index (χ3v) is 3.22. The fourth-order valence-corrected chi connectivity index (χ4v) is 2.19. The predicted octanol–water partition coefficient (Wildman–Crippen LogP) is 1.05. The SMILES string of the molecule is O=C1NC(=S)NC1=Cc1coc2ccc([N+](=O)[O-])cc2c1=O. The van der Waals surface area contributed by atoms with Crippen molar-refractivity contribution in [3.63, 3.8) is 0 Å². The van der Waals surface area contributed by atoms with Crippen molar-refractivity contribution in [1.29, 1.82) is 0 Å². The van der Waals surface area contributed by atoms with Crippen LogP contribution in [0.2, 0.25) is 0 Å². The highest BCUT2D eigenvalue weighted by Gasteiger charge is 2.21. The normalized spacial score (nSPS) is 15.9. The fraction of sp³-hybridized carbons (Fsp3) is 0. The Bertz CT molecular complexity index is 931. The van der Waals surface area contributed by atoms with E-state index < -0.39 is 16.3 Å². The molecule has 1 saturated heterocycles. The van der Waals surface area contributed by atoms with Crippen LogP contribution in [0.5, 0.6) is 0 Å². The summed E-state index contributed by atoms with van der Waals surface area (Å²) < 4.78 is 5.27. The summed E-state index contributed by atoms with van der Waals surface area (Å²) in [5.74, 6) is -0.469. The van der Waals surface area contributed by atoms with Gasteiger partial charge in [0, 0.05) is 12.1 Å². The van der Waals surface area contributed by atoms with Crippen LogP contribution in [0.25, 0.3) is 17.0 Å². The average Bonchev–Trinajstić information content (AvgIpc) is 2.79. The number of benzene rings is 1. The number of nitrogens with zero attached hydrogens (tertiary/aromatic N) is 1. The summed E-state index contributed by atoms with van der Waals surface area (Å²) in [6, 6.07) is 3.73. The number of rotatable bonds is 2. The Morgan fingerprint density at radius 2 is 2.05 bits per heavy atom. The van der Waals surface area contributed by atoms with Crippen LogP contribution in [-0.2, 0) is 4.79 Å². The quantitative estimate of drug-likeness (QED) is 0.368. The van der Waals surface area contributed by atoms with Crippen molar-refractivity contribution in [3.05, 3.63) is 56.1 Å². The molecule has 1 aromatic carbocycles. The maximum Gasteiger partial charge on any atom is 0.273 e. The van der Waals surface area contributed by atoms with Crippen molar-refractivity contribution in [1.82, 2.24) is 10.6 Å². The van der Waals surface area contributed by atoms with Crippen LogP contribution in [0.1, 0.15) is 5.56 Å². The molecule has 2 N–H and O–H groups in total. The van der Waals surface area contributed by atoms with Crippen molar-refractivity contribution in [2.75, 3.05) is 0 Å². The molecule has 8 nitrogen and oxygen atoms in total. The van der Waals surface area contributed by atoms with Crippen LogP contribution in [0, 0.1) is 10.1 Å². The highest BCUT2D eigenvalue weighted by atomic mass is 32.1. The zero-order valence-electron chi connectivity index (χ0n) is 10.8. The second kappa shape index (κ2) is 5.04.